The topological polar surface area (TPSA) is 86.3 Å². The molecule has 0 fully saturated rings. The Kier molecular flexibility index (Phi) is 9.00. The van der Waals surface area contributed by atoms with Gasteiger partial charge >= 0.3 is 0 Å². The number of para-hydroxylation sites is 1. The lowest BCUT2D eigenvalue weighted by atomic mass is 9.98. The van der Waals surface area contributed by atoms with E-state index in [0.717, 1.165) is 5.56 Å². The van der Waals surface area contributed by atoms with Crippen LogP contribution < -0.4 is 24.3 Å². The average molecular weight is 432 g/mol. The standard InChI is InChI=1S/C24H33NO6/c1-15(2)20-11-10-19(12-16(20)3)31-17(4)24(27)25-13-18(26)14-30-23-21(28-5)8-7-9-22(23)29-6/h7-12,15,17-18,26H,13-14H2,1-6H3,(H,25,27). The molecular weight excluding hydrogens is 398 g/mol. The van der Waals surface area contributed by atoms with E-state index in [-0.39, 0.29) is 19.1 Å². The van der Waals surface area contributed by atoms with Crippen molar-refractivity contribution in [2.75, 3.05) is 27.4 Å². The normalized spacial score (nSPS) is 12.8. The van der Waals surface area contributed by atoms with Gasteiger partial charge in [-0.3, -0.25) is 4.79 Å². The third-order valence-electron chi connectivity index (χ3n) is 4.86. The lowest BCUT2D eigenvalue weighted by Gasteiger charge is -2.19. The smallest absolute Gasteiger partial charge is 0.260 e. The molecular formula is C24H33NO6. The zero-order valence-electron chi connectivity index (χ0n) is 19.1. The number of rotatable bonds is 11. The number of ether oxygens (including phenoxy) is 4. The van der Waals surface area contributed by atoms with Crippen LogP contribution in [-0.2, 0) is 4.79 Å². The molecule has 2 unspecified atom stereocenters. The van der Waals surface area contributed by atoms with Gasteiger partial charge in [0, 0.05) is 6.54 Å². The molecule has 0 saturated heterocycles. The monoisotopic (exact) mass is 431 g/mol. The number of carbonyl (C=O) groups is 1. The third-order valence-corrected chi connectivity index (χ3v) is 4.86. The van der Waals surface area contributed by atoms with E-state index >= 15 is 0 Å². The molecule has 2 atom stereocenters. The number of aliphatic hydroxyl groups is 1. The Morgan fingerprint density at radius 3 is 2.26 bits per heavy atom. The van der Waals surface area contributed by atoms with Crippen LogP contribution in [0.5, 0.6) is 23.0 Å². The fourth-order valence-corrected chi connectivity index (χ4v) is 3.19. The first kappa shape index (κ1) is 24.3. The van der Waals surface area contributed by atoms with Crippen LogP contribution in [0.1, 0.15) is 37.8 Å². The van der Waals surface area contributed by atoms with Crippen molar-refractivity contribution in [1.82, 2.24) is 5.32 Å². The van der Waals surface area contributed by atoms with Crippen molar-refractivity contribution in [3.8, 4) is 23.0 Å². The minimum atomic E-state index is -0.918. The number of amides is 1. The van der Waals surface area contributed by atoms with Gasteiger partial charge in [0.2, 0.25) is 5.75 Å². The van der Waals surface area contributed by atoms with Crippen LogP contribution in [0, 0.1) is 6.92 Å². The third kappa shape index (κ3) is 6.79. The van der Waals surface area contributed by atoms with E-state index in [2.05, 4.69) is 19.2 Å². The number of nitrogens with one attached hydrogen (secondary N) is 1. The molecule has 7 heteroatoms. The predicted octanol–water partition coefficient (Wildman–Crippen LogP) is 3.46. The SMILES string of the molecule is COc1cccc(OC)c1OCC(O)CNC(=O)C(C)Oc1ccc(C(C)C)c(C)c1. The summed E-state index contributed by atoms with van der Waals surface area (Å²) in [6.45, 7) is 7.96. The second-order valence-corrected chi connectivity index (χ2v) is 7.63. The number of benzene rings is 2. The van der Waals surface area contributed by atoms with Crippen LogP contribution in [-0.4, -0.2) is 50.6 Å². The van der Waals surface area contributed by atoms with Gasteiger partial charge in [-0.25, -0.2) is 0 Å². The summed E-state index contributed by atoms with van der Waals surface area (Å²) in [5, 5.41) is 12.9. The van der Waals surface area contributed by atoms with E-state index in [0.29, 0.717) is 28.9 Å². The summed E-state index contributed by atoms with van der Waals surface area (Å²) in [5.41, 5.74) is 2.37. The second kappa shape index (κ2) is 11.5. The van der Waals surface area contributed by atoms with Gasteiger partial charge in [-0.2, -0.15) is 0 Å². The molecule has 0 aliphatic rings. The highest BCUT2D eigenvalue weighted by atomic mass is 16.5. The van der Waals surface area contributed by atoms with Crippen LogP contribution in [0.4, 0.5) is 0 Å². The molecule has 2 aromatic carbocycles. The van der Waals surface area contributed by atoms with Gasteiger partial charge in [0.05, 0.1) is 14.2 Å². The maximum absolute atomic E-state index is 12.4. The predicted molar refractivity (Wildman–Crippen MR) is 119 cm³/mol. The van der Waals surface area contributed by atoms with Gasteiger partial charge in [-0.15, -0.1) is 0 Å². The van der Waals surface area contributed by atoms with Gasteiger partial charge in [0.1, 0.15) is 18.5 Å². The van der Waals surface area contributed by atoms with Crippen LogP contribution in [0.15, 0.2) is 36.4 Å². The number of carbonyl (C=O) groups excluding carboxylic acids is 1. The summed E-state index contributed by atoms with van der Waals surface area (Å²) in [5.74, 6) is 2.13. The lowest BCUT2D eigenvalue weighted by Crippen LogP contribution is -2.41. The average Bonchev–Trinajstić information content (AvgIpc) is 2.75. The van der Waals surface area contributed by atoms with E-state index in [1.165, 1.54) is 19.8 Å². The Labute approximate surface area is 184 Å². The fraction of sp³-hybridized carbons (Fsp3) is 0.458. The van der Waals surface area contributed by atoms with Gasteiger partial charge < -0.3 is 29.4 Å². The molecule has 0 saturated carbocycles. The zero-order valence-corrected chi connectivity index (χ0v) is 19.1. The van der Waals surface area contributed by atoms with E-state index in [4.69, 9.17) is 18.9 Å². The minimum Gasteiger partial charge on any atom is -0.493 e. The van der Waals surface area contributed by atoms with Gasteiger partial charge in [0.25, 0.3) is 5.91 Å². The Balaban J connectivity index is 1.85. The molecule has 2 aromatic rings. The molecule has 170 valence electrons. The molecule has 7 nitrogen and oxygen atoms in total. The van der Waals surface area contributed by atoms with Crippen molar-refractivity contribution in [1.29, 1.82) is 0 Å². The van der Waals surface area contributed by atoms with Crippen LogP contribution in [0.3, 0.4) is 0 Å². The van der Waals surface area contributed by atoms with Crippen molar-refractivity contribution in [2.24, 2.45) is 0 Å². The summed E-state index contributed by atoms with van der Waals surface area (Å²) in [4.78, 5) is 12.4. The molecule has 0 aliphatic heterocycles. The van der Waals surface area contributed by atoms with Gasteiger partial charge in [-0.1, -0.05) is 26.0 Å². The van der Waals surface area contributed by atoms with Crippen molar-refractivity contribution in [3.05, 3.63) is 47.5 Å². The van der Waals surface area contributed by atoms with Crippen molar-refractivity contribution in [3.63, 3.8) is 0 Å². The van der Waals surface area contributed by atoms with Crippen LogP contribution in [0.2, 0.25) is 0 Å². The van der Waals surface area contributed by atoms with Crippen molar-refractivity contribution >= 4 is 5.91 Å². The van der Waals surface area contributed by atoms with Crippen molar-refractivity contribution in [2.45, 2.75) is 45.8 Å². The maximum Gasteiger partial charge on any atom is 0.260 e. The Bertz CT molecular complexity index is 845. The Hall–Kier alpha value is -2.93. The molecule has 0 aliphatic carbocycles. The first-order valence-corrected chi connectivity index (χ1v) is 10.3. The lowest BCUT2D eigenvalue weighted by molar-refractivity contribution is -0.127. The van der Waals surface area contributed by atoms with Crippen LogP contribution in [0.25, 0.3) is 0 Å². The van der Waals surface area contributed by atoms with E-state index in [9.17, 15) is 9.90 Å². The van der Waals surface area contributed by atoms with Gasteiger partial charge in [-0.05, 0) is 55.2 Å². The van der Waals surface area contributed by atoms with E-state index in [1.54, 1.807) is 25.1 Å². The van der Waals surface area contributed by atoms with E-state index < -0.39 is 12.2 Å². The zero-order chi connectivity index (χ0) is 23.0. The number of hydrogen-bond acceptors (Lipinski definition) is 6. The van der Waals surface area contributed by atoms with Crippen molar-refractivity contribution < 1.29 is 28.8 Å². The quantitative estimate of drug-likeness (QED) is 0.567. The minimum absolute atomic E-state index is 0.0231. The summed E-state index contributed by atoms with van der Waals surface area (Å²) in [6, 6.07) is 11.1. The highest BCUT2D eigenvalue weighted by molar-refractivity contribution is 5.80. The van der Waals surface area contributed by atoms with Gasteiger partial charge in [0.15, 0.2) is 17.6 Å². The molecule has 2 N–H and O–H groups in total. The molecule has 0 spiro atoms. The molecule has 2 rings (SSSR count). The first-order chi connectivity index (χ1) is 14.8. The highest BCUT2D eigenvalue weighted by Crippen LogP contribution is 2.36. The Morgan fingerprint density at radius 1 is 1.06 bits per heavy atom. The molecule has 0 bridgehead atoms. The molecule has 0 aromatic heterocycles. The largest absolute Gasteiger partial charge is 0.493 e. The van der Waals surface area contributed by atoms with E-state index in [1.807, 2.05) is 25.1 Å². The summed E-state index contributed by atoms with van der Waals surface area (Å²) >= 11 is 0. The number of hydrogen-bond donors (Lipinski definition) is 2. The summed E-state index contributed by atoms with van der Waals surface area (Å²) in [7, 11) is 3.05. The summed E-state index contributed by atoms with van der Waals surface area (Å²) in [6.07, 6.45) is -1.62. The molecule has 31 heavy (non-hydrogen) atoms. The molecule has 1 amide bonds. The number of aryl methyl sites for hydroxylation is 1. The summed E-state index contributed by atoms with van der Waals surface area (Å²) < 4.78 is 21.9. The van der Waals surface area contributed by atoms with Crippen LogP contribution >= 0.6 is 0 Å². The number of methoxy groups -OCH3 is 2. The molecule has 0 radical (unpaired) electrons. The highest BCUT2D eigenvalue weighted by Gasteiger charge is 2.18. The Morgan fingerprint density at radius 2 is 1.71 bits per heavy atom. The first-order valence-electron chi connectivity index (χ1n) is 10.3. The second-order valence-electron chi connectivity index (χ2n) is 7.63. The fourth-order valence-electron chi connectivity index (χ4n) is 3.19. The maximum atomic E-state index is 12.4. The molecule has 0 heterocycles. The number of aliphatic hydroxyl groups excluding tert-OH is 1.